The Kier molecular flexibility index (Phi) is 9.48. The number of aromatic carboxylic acids is 2. The van der Waals surface area contributed by atoms with Crippen LogP contribution in [0.5, 0.6) is 17.2 Å². The minimum Gasteiger partial charge on any atom is -0.506 e. The highest BCUT2D eigenvalue weighted by Gasteiger charge is 2.30. The van der Waals surface area contributed by atoms with Gasteiger partial charge in [-0.05, 0) is 24.3 Å². The number of non-ortho nitro benzene ring substituents is 2. The van der Waals surface area contributed by atoms with Crippen molar-refractivity contribution in [1.29, 1.82) is 0 Å². The number of anilines is 2. The van der Waals surface area contributed by atoms with Gasteiger partial charge in [-0.25, -0.2) is 22.8 Å². The Morgan fingerprint density at radius 2 is 1.29 bits per heavy atom. The summed E-state index contributed by atoms with van der Waals surface area (Å²) in [6.07, 6.45) is 1.88. The number of hydrogen-bond acceptors (Lipinski definition) is 13. The third-order valence-corrected chi connectivity index (χ3v) is 10.9. The lowest BCUT2D eigenvalue weighted by atomic mass is 10.1. The largest absolute Gasteiger partial charge is 0.506 e. The lowest BCUT2D eigenvalue weighted by Crippen LogP contribution is -2.21. The van der Waals surface area contributed by atoms with E-state index in [9.17, 15) is 76.7 Å². The molecule has 25 heteroatoms. The Morgan fingerprint density at radius 3 is 1.96 bits per heavy atom. The summed E-state index contributed by atoms with van der Waals surface area (Å²) in [5, 5.41) is 53.0. The summed E-state index contributed by atoms with van der Waals surface area (Å²) in [4.78, 5) is 71.9. The fourth-order valence-electron chi connectivity index (χ4n) is 7.77. The number of hydrogen-bond donors (Lipinski definition) is 5. The van der Waals surface area contributed by atoms with Gasteiger partial charge in [0.2, 0.25) is 22.5 Å². The second-order valence-electron chi connectivity index (χ2n) is 15.0. The number of carboxylic acid groups (broad SMARTS) is 2. The molecule has 0 spiro atoms. The van der Waals surface area contributed by atoms with E-state index in [2.05, 4.69) is 10.3 Å². The van der Waals surface area contributed by atoms with Gasteiger partial charge in [0.1, 0.15) is 27.9 Å². The van der Waals surface area contributed by atoms with Gasteiger partial charge in [0.25, 0.3) is 11.4 Å². The van der Waals surface area contributed by atoms with Gasteiger partial charge in [-0.3, -0.25) is 29.8 Å². The van der Waals surface area contributed by atoms with Gasteiger partial charge in [-0.2, -0.15) is 8.78 Å². The first kappa shape index (κ1) is 42.9. The number of nitrogens with one attached hydrogen (secondary N) is 2. The Labute approximate surface area is 373 Å². The van der Waals surface area contributed by atoms with Crippen molar-refractivity contribution >= 4 is 95.4 Å². The number of H-pyrrole nitrogens is 1. The van der Waals surface area contributed by atoms with Gasteiger partial charge in [0.15, 0.2) is 51.3 Å². The molecule has 5 heterocycles. The number of carbonyl (C=O) groups is 2. The standard InChI is InChI=1S/C22H10F3N3O7.C22H9F2N3O7/c23-11-3-8(28(33)34)1-2-13(11)26-14-5-17-15(6-16(14)29)27-7-10(22(31)32)20(30)9-4-12(24)18(25)21(35-17)19(9)27;23-11-4-9-19-21(18(11)24)34-17-5-13-16(6-14(17)26(19)7-10(20(9)28)22(29)30)33-15-3-8(27(31)32)1-2-12(15)25-13/h1-7,26,29H,(H,31,32);1-7,25H,(H,29,30). The molecule has 20 nitrogen and oxygen atoms in total. The molecular weight excluding hydrogens is 932 g/mol. The highest BCUT2D eigenvalue weighted by Crippen LogP contribution is 2.46. The molecular formula is C44H19F5N6O14. The number of aromatic amines is 1. The van der Waals surface area contributed by atoms with Crippen LogP contribution in [0.15, 0.2) is 104 Å². The van der Waals surface area contributed by atoms with Crippen molar-refractivity contribution in [3.05, 3.63) is 166 Å². The van der Waals surface area contributed by atoms with E-state index in [0.29, 0.717) is 29.2 Å². The van der Waals surface area contributed by atoms with Gasteiger partial charge in [-0.1, -0.05) is 0 Å². The van der Waals surface area contributed by atoms with Crippen LogP contribution in [0.1, 0.15) is 20.7 Å². The first-order valence-electron chi connectivity index (χ1n) is 19.3. The van der Waals surface area contributed by atoms with Crippen LogP contribution in [-0.2, 0) is 0 Å². The van der Waals surface area contributed by atoms with Gasteiger partial charge >= 0.3 is 11.9 Å². The highest BCUT2D eigenvalue weighted by molar-refractivity contribution is 6.03. The first-order valence-corrected chi connectivity index (χ1v) is 19.3. The normalized spacial score (nSPS) is 11.7. The maximum atomic E-state index is 14.6. The predicted octanol–water partition coefficient (Wildman–Crippen LogP) is 9.44. The van der Waals surface area contributed by atoms with Crippen LogP contribution in [0.25, 0.3) is 66.4 Å². The van der Waals surface area contributed by atoms with Gasteiger partial charge in [0, 0.05) is 48.8 Å². The topological polar surface area (TPSA) is 288 Å². The smallest absolute Gasteiger partial charge is 0.341 e. The van der Waals surface area contributed by atoms with E-state index in [1.54, 1.807) is 0 Å². The summed E-state index contributed by atoms with van der Waals surface area (Å²) in [5.74, 6) is -11.2. The second kappa shape index (κ2) is 15.3. The number of pyridine rings is 2. The molecule has 4 aromatic heterocycles. The Bertz CT molecular complexity index is 4200. The van der Waals surface area contributed by atoms with E-state index in [1.165, 1.54) is 34.7 Å². The molecule has 0 saturated heterocycles. The monoisotopic (exact) mass is 950 g/mol. The van der Waals surface area contributed by atoms with Crippen LogP contribution in [0.3, 0.4) is 0 Å². The van der Waals surface area contributed by atoms with Gasteiger partial charge in [0.05, 0.1) is 66.4 Å². The predicted molar refractivity (Wildman–Crippen MR) is 229 cm³/mol. The molecule has 0 radical (unpaired) electrons. The average molecular weight is 951 g/mol. The fourth-order valence-corrected chi connectivity index (χ4v) is 7.77. The molecule has 0 aliphatic carbocycles. The number of phenolic OH excluding ortho intramolecular Hbond substituents is 1. The van der Waals surface area contributed by atoms with Crippen molar-refractivity contribution in [2.75, 3.05) is 5.32 Å². The number of phenols is 1. The fraction of sp³-hybridized carbons (Fsp3) is 0. The van der Waals surface area contributed by atoms with Crippen LogP contribution >= 0.6 is 0 Å². The average Bonchev–Trinajstić information content (AvgIpc) is 3.30. The molecule has 5 N–H and O–H groups in total. The molecule has 69 heavy (non-hydrogen) atoms. The quantitative estimate of drug-likeness (QED) is 0.0259. The Balaban J connectivity index is 0.000000160. The molecule has 0 bridgehead atoms. The zero-order valence-corrected chi connectivity index (χ0v) is 33.6. The van der Waals surface area contributed by atoms with Crippen molar-refractivity contribution in [2.45, 2.75) is 0 Å². The molecule has 0 saturated carbocycles. The number of nitrogens with zero attached hydrogens (tertiary/aromatic N) is 4. The molecule has 1 aliphatic heterocycles. The van der Waals surface area contributed by atoms with Crippen molar-refractivity contribution in [3.8, 4) is 22.9 Å². The van der Waals surface area contributed by atoms with E-state index < -0.39 is 101 Å². The first-order chi connectivity index (χ1) is 32.8. The van der Waals surface area contributed by atoms with Gasteiger partial charge < -0.3 is 48.2 Å². The summed E-state index contributed by atoms with van der Waals surface area (Å²) in [7, 11) is 0. The Morgan fingerprint density at radius 1 is 0.667 bits per heavy atom. The van der Waals surface area contributed by atoms with Gasteiger partial charge in [-0.15, -0.1) is 0 Å². The van der Waals surface area contributed by atoms with Crippen LogP contribution in [-0.4, -0.2) is 51.1 Å². The maximum Gasteiger partial charge on any atom is 0.341 e. The molecule has 10 aromatic rings. The zero-order chi connectivity index (χ0) is 49.1. The maximum absolute atomic E-state index is 14.6. The number of nitro benzene ring substituents is 2. The molecule has 344 valence electrons. The zero-order valence-electron chi connectivity index (χ0n) is 33.6. The van der Waals surface area contributed by atoms with Crippen LogP contribution < -0.4 is 20.9 Å². The minimum atomic E-state index is -1.61. The van der Waals surface area contributed by atoms with E-state index >= 15 is 0 Å². The highest BCUT2D eigenvalue weighted by atomic mass is 19.2. The van der Waals surface area contributed by atoms with Crippen LogP contribution in [0, 0.1) is 49.3 Å². The van der Waals surface area contributed by atoms with Crippen molar-refractivity contribution in [3.63, 3.8) is 0 Å². The third kappa shape index (κ3) is 6.74. The molecule has 1 aliphatic rings. The van der Waals surface area contributed by atoms with Crippen molar-refractivity contribution in [2.24, 2.45) is 0 Å². The number of aromatic hydroxyl groups is 1. The Hall–Kier alpha value is -10.1. The van der Waals surface area contributed by atoms with E-state index in [1.807, 2.05) is 0 Å². The number of ether oxygens (including phenoxy) is 1. The molecule has 0 fully saturated rings. The number of fused-ring (bicyclic) bond motifs is 6. The number of carboxylic acids is 2. The van der Waals surface area contributed by atoms with E-state index in [0.717, 1.165) is 41.2 Å². The molecule has 6 aromatic carbocycles. The number of nitro groups is 2. The minimum absolute atomic E-state index is 0.0248. The summed E-state index contributed by atoms with van der Waals surface area (Å²) in [6.45, 7) is 0. The van der Waals surface area contributed by atoms with Crippen molar-refractivity contribution < 1.29 is 70.3 Å². The lowest BCUT2D eigenvalue weighted by Gasteiger charge is -2.25. The van der Waals surface area contributed by atoms with E-state index in [-0.39, 0.29) is 67.2 Å². The summed E-state index contributed by atoms with van der Waals surface area (Å²) in [5.41, 5.74) is -4.22. The van der Waals surface area contributed by atoms with Crippen molar-refractivity contribution in [1.82, 2.24) is 14.0 Å². The van der Waals surface area contributed by atoms with E-state index in [4.69, 9.17) is 13.6 Å². The number of benzene rings is 6. The summed E-state index contributed by atoms with van der Waals surface area (Å²) < 4.78 is 91.2. The van der Waals surface area contributed by atoms with Crippen LogP contribution in [0.4, 0.5) is 44.7 Å². The molecule has 0 atom stereocenters. The lowest BCUT2D eigenvalue weighted by molar-refractivity contribution is -0.385. The molecule has 0 amide bonds. The van der Waals surface area contributed by atoms with Crippen LogP contribution in [0.2, 0.25) is 0 Å². The number of rotatable bonds is 6. The second-order valence-corrected chi connectivity index (χ2v) is 15.0. The number of aromatic nitrogens is 3. The summed E-state index contributed by atoms with van der Waals surface area (Å²) >= 11 is 0. The third-order valence-electron chi connectivity index (χ3n) is 10.9. The number of halogens is 5. The summed E-state index contributed by atoms with van der Waals surface area (Å²) in [6, 6.07) is 12.9. The molecule has 0 unspecified atom stereocenters. The molecule has 11 rings (SSSR count). The SMILES string of the molecule is O=C(O)c1cn2c3c(c(F)c(F)cc3c1=O)Oc1cc(Nc3ccc([N+](=O)[O-])cc3F)c(O)cc1-2.O=C(O)c1cn2c3cc4oc5cc([N+](=O)[O-])ccc5[nH]c4cc3oc3c(F)c(F)cc(c1=O)c32.